The largest absolute Gasteiger partial charge is 0.353 e. The van der Waals surface area contributed by atoms with Gasteiger partial charge < -0.3 is 9.47 Å². The lowest BCUT2D eigenvalue weighted by Gasteiger charge is -2.22. The summed E-state index contributed by atoms with van der Waals surface area (Å²) in [4.78, 5) is 0. The highest BCUT2D eigenvalue weighted by Crippen LogP contribution is 2.27. The maximum absolute atomic E-state index is 5.92. The van der Waals surface area contributed by atoms with Crippen LogP contribution in [0.4, 0.5) is 0 Å². The Bertz CT molecular complexity index is 204. The van der Waals surface area contributed by atoms with Gasteiger partial charge in [-0.15, -0.1) is 0 Å². The zero-order valence-corrected chi connectivity index (χ0v) is 11.8. The second kappa shape index (κ2) is 7.63. The number of hydrogen-bond donors (Lipinski definition) is 0. The van der Waals surface area contributed by atoms with Crippen LogP contribution >= 0.6 is 22.6 Å². The van der Waals surface area contributed by atoms with E-state index in [0.717, 1.165) is 13.0 Å². The van der Waals surface area contributed by atoms with E-state index in [0.29, 0.717) is 0 Å². The van der Waals surface area contributed by atoms with Crippen LogP contribution in [0.5, 0.6) is 0 Å². The average Bonchev–Trinajstić information content (AvgIpc) is 2.43. The summed E-state index contributed by atoms with van der Waals surface area (Å²) in [7, 11) is 0. The Morgan fingerprint density at radius 3 is 2.93 bits per heavy atom. The first kappa shape index (κ1) is 13.5. The number of halogens is 1. The second-order valence-corrected chi connectivity index (χ2v) is 4.55. The van der Waals surface area contributed by atoms with E-state index >= 15 is 0 Å². The molecule has 0 aromatic rings. The van der Waals surface area contributed by atoms with Gasteiger partial charge in [0, 0.05) is 6.61 Å². The van der Waals surface area contributed by atoms with Crippen molar-refractivity contribution in [3.63, 3.8) is 0 Å². The molecule has 0 aromatic heterocycles. The van der Waals surface area contributed by atoms with Gasteiger partial charge in [0.05, 0.1) is 6.10 Å². The van der Waals surface area contributed by atoms with Gasteiger partial charge >= 0.3 is 0 Å². The first-order valence-electron chi connectivity index (χ1n) is 5.84. The standard InChI is InChI=1S/C12H21IO2/c1-3-14-10(2)15-12-8-6-4-5-7-11(12)9-13/h9-10,12H,3-8H2,1-2H3. The van der Waals surface area contributed by atoms with E-state index < -0.39 is 0 Å². The molecule has 0 saturated heterocycles. The molecule has 1 saturated carbocycles. The minimum Gasteiger partial charge on any atom is -0.353 e. The van der Waals surface area contributed by atoms with Crippen molar-refractivity contribution in [3.05, 3.63) is 9.66 Å². The van der Waals surface area contributed by atoms with Crippen molar-refractivity contribution >= 4 is 22.6 Å². The van der Waals surface area contributed by atoms with Crippen LogP contribution in [0.15, 0.2) is 9.66 Å². The van der Waals surface area contributed by atoms with Crippen molar-refractivity contribution in [2.45, 2.75) is 58.3 Å². The molecule has 0 heterocycles. The van der Waals surface area contributed by atoms with Gasteiger partial charge in [0.15, 0.2) is 6.29 Å². The van der Waals surface area contributed by atoms with Crippen molar-refractivity contribution < 1.29 is 9.47 Å². The van der Waals surface area contributed by atoms with E-state index in [1.807, 2.05) is 13.8 Å². The van der Waals surface area contributed by atoms with Crippen LogP contribution < -0.4 is 0 Å². The van der Waals surface area contributed by atoms with Crippen molar-refractivity contribution in [1.29, 1.82) is 0 Å². The Morgan fingerprint density at radius 1 is 1.47 bits per heavy atom. The molecule has 0 radical (unpaired) electrons. The third-order valence-corrected chi connectivity index (χ3v) is 3.54. The van der Waals surface area contributed by atoms with E-state index in [1.54, 1.807) is 0 Å². The SMILES string of the molecule is CCOC(C)OC1CCCCCC1=CI. The molecule has 0 aromatic carbocycles. The van der Waals surface area contributed by atoms with Crippen LogP contribution in [0, 0.1) is 0 Å². The third kappa shape index (κ3) is 4.83. The van der Waals surface area contributed by atoms with E-state index in [2.05, 4.69) is 26.7 Å². The third-order valence-electron chi connectivity index (χ3n) is 2.74. The molecule has 0 spiro atoms. The summed E-state index contributed by atoms with van der Waals surface area (Å²) in [6, 6.07) is 0. The molecule has 0 N–H and O–H groups in total. The molecule has 2 atom stereocenters. The first-order valence-corrected chi connectivity index (χ1v) is 7.08. The highest BCUT2D eigenvalue weighted by Gasteiger charge is 2.19. The van der Waals surface area contributed by atoms with E-state index in [-0.39, 0.29) is 12.4 Å². The summed E-state index contributed by atoms with van der Waals surface area (Å²) in [6.45, 7) is 4.71. The molecule has 2 unspecified atom stereocenters. The summed E-state index contributed by atoms with van der Waals surface area (Å²) in [5.41, 5.74) is 1.44. The van der Waals surface area contributed by atoms with Crippen molar-refractivity contribution in [2.75, 3.05) is 6.61 Å². The van der Waals surface area contributed by atoms with Gasteiger partial charge in [0.1, 0.15) is 0 Å². The number of hydrogen-bond acceptors (Lipinski definition) is 2. The fourth-order valence-corrected chi connectivity index (χ4v) is 2.68. The highest BCUT2D eigenvalue weighted by molar-refractivity contribution is 14.1. The Kier molecular flexibility index (Phi) is 6.84. The quantitative estimate of drug-likeness (QED) is 0.441. The summed E-state index contributed by atoms with van der Waals surface area (Å²) >= 11 is 2.32. The lowest BCUT2D eigenvalue weighted by atomic mass is 10.1. The Morgan fingerprint density at radius 2 is 2.27 bits per heavy atom. The van der Waals surface area contributed by atoms with Crippen molar-refractivity contribution in [1.82, 2.24) is 0 Å². The van der Waals surface area contributed by atoms with E-state index in [4.69, 9.17) is 9.47 Å². The van der Waals surface area contributed by atoms with Crippen molar-refractivity contribution in [2.24, 2.45) is 0 Å². The molecule has 0 aliphatic heterocycles. The Hall–Kier alpha value is 0.390. The normalized spacial score (nSPS) is 27.7. The van der Waals surface area contributed by atoms with Gasteiger partial charge in [-0.25, -0.2) is 0 Å². The maximum Gasteiger partial charge on any atom is 0.155 e. The molecule has 1 aliphatic carbocycles. The maximum atomic E-state index is 5.92. The summed E-state index contributed by atoms with van der Waals surface area (Å²) in [6.07, 6.45) is 6.44. The fourth-order valence-electron chi connectivity index (χ4n) is 1.97. The van der Waals surface area contributed by atoms with Gasteiger partial charge in [-0.1, -0.05) is 35.4 Å². The van der Waals surface area contributed by atoms with Crippen LogP contribution in [-0.4, -0.2) is 19.0 Å². The zero-order valence-electron chi connectivity index (χ0n) is 9.67. The molecular formula is C12H21IO2. The zero-order chi connectivity index (χ0) is 11.1. The molecule has 1 fully saturated rings. The predicted molar refractivity (Wildman–Crippen MR) is 71.1 cm³/mol. The topological polar surface area (TPSA) is 18.5 Å². The molecule has 0 amide bonds. The molecule has 88 valence electrons. The first-order chi connectivity index (χ1) is 7.27. The van der Waals surface area contributed by atoms with E-state index in [1.165, 1.54) is 31.3 Å². The lowest BCUT2D eigenvalue weighted by Crippen LogP contribution is -2.23. The molecule has 1 rings (SSSR count). The Balaban J connectivity index is 2.48. The van der Waals surface area contributed by atoms with Crippen LogP contribution in [0.25, 0.3) is 0 Å². The molecule has 3 heteroatoms. The molecule has 0 bridgehead atoms. The highest BCUT2D eigenvalue weighted by atomic mass is 127. The van der Waals surface area contributed by atoms with Gasteiger partial charge in [-0.3, -0.25) is 0 Å². The van der Waals surface area contributed by atoms with Crippen LogP contribution in [-0.2, 0) is 9.47 Å². The monoisotopic (exact) mass is 324 g/mol. The molecule has 1 aliphatic rings. The van der Waals surface area contributed by atoms with Gasteiger partial charge in [0.2, 0.25) is 0 Å². The molecule has 2 nitrogen and oxygen atoms in total. The number of ether oxygens (including phenoxy) is 2. The molecular weight excluding hydrogens is 303 g/mol. The van der Waals surface area contributed by atoms with Gasteiger partial charge in [0.25, 0.3) is 0 Å². The summed E-state index contributed by atoms with van der Waals surface area (Å²) < 4.78 is 13.5. The Labute approximate surface area is 107 Å². The minimum absolute atomic E-state index is 0.0792. The molecule has 15 heavy (non-hydrogen) atoms. The van der Waals surface area contributed by atoms with Gasteiger partial charge in [-0.2, -0.15) is 0 Å². The number of rotatable bonds is 4. The van der Waals surface area contributed by atoms with Crippen LogP contribution in [0.2, 0.25) is 0 Å². The predicted octanol–water partition coefficient (Wildman–Crippen LogP) is 4.04. The van der Waals surface area contributed by atoms with Crippen molar-refractivity contribution in [3.8, 4) is 0 Å². The summed E-state index contributed by atoms with van der Waals surface area (Å²) in [5.74, 6) is 0. The average molecular weight is 324 g/mol. The minimum atomic E-state index is -0.0792. The van der Waals surface area contributed by atoms with E-state index in [9.17, 15) is 0 Å². The van der Waals surface area contributed by atoms with Gasteiger partial charge in [-0.05, 0) is 42.8 Å². The summed E-state index contributed by atoms with van der Waals surface area (Å²) in [5, 5.41) is 0. The van der Waals surface area contributed by atoms with Crippen LogP contribution in [0.3, 0.4) is 0 Å². The lowest BCUT2D eigenvalue weighted by molar-refractivity contribution is -0.149. The van der Waals surface area contributed by atoms with Crippen LogP contribution in [0.1, 0.15) is 46.0 Å². The fraction of sp³-hybridized carbons (Fsp3) is 0.833. The smallest absolute Gasteiger partial charge is 0.155 e. The second-order valence-electron chi connectivity index (χ2n) is 3.93.